The summed E-state index contributed by atoms with van der Waals surface area (Å²) in [7, 11) is -11.0. The standard InChI is InChI=1S/C47H60F5N5O6S3/c1-33(9-16-44(48)49)41-30-46(2,3)21-17-35(41)31-56-25-27-57(28-26-56)37-12-10-34(11-13-37)45(59)54-66(62,63)40-14-15-42(43(29-40)65(60,61)47(50,51)52)53-36(32-64-39-7-5-4-6-8-39)18-22-55-23-19-38(58)20-24-55/h4-8,10-15,29,36,38,44,53,58H,1,9,16-28,30-32H2,2-3H3,(H,54,59)/t36-/m1/s1. The maximum atomic E-state index is 14.2. The number of benzene rings is 3. The Morgan fingerprint density at radius 2 is 1.58 bits per heavy atom. The number of hydrogen-bond donors (Lipinski definition) is 3. The average Bonchev–Trinajstić information content (AvgIpc) is 3.27. The van der Waals surface area contributed by atoms with Crippen molar-refractivity contribution < 1.29 is 48.7 Å². The van der Waals surface area contributed by atoms with E-state index < -0.39 is 65.3 Å². The largest absolute Gasteiger partial charge is 0.501 e. The molecule has 0 radical (unpaired) electrons. The van der Waals surface area contributed by atoms with E-state index in [0.29, 0.717) is 63.8 Å². The van der Waals surface area contributed by atoms with E-state index in [2.05, 4.69) is 40.4 Å². The number of sulfone groups is 1. The number of allylic oxidation sites excluding steroid dienone is 2. The summed E-state index contributed by atoms with van der Waals surface area (Å²) in [5.41, 5.74) is -2.23. The zero-order chi connectivity index (χ0) is 47.9. The summed E-state index contributed by atoms with van der Waals surface area (Å²) >= 11 is 1.42. The van der Waals surface area contributed by atoms with Crippen molar-refractivity contribution in [1.29, 1.82) is 0 Å². The second-order valence-electron chi connectivity index (χ2n) is 18.1. The molecular weight excluding hydrogens is 922 g/mol. The Morgan fingerprint density at radius 1 is 0.909 bits per heavy atom. The van der Waals surface area contributed by atoms with Gasteiger partial charge in [0.25, 0.3) is 25.8 Å². The third-order valence-electron chi connectivity index (χ3n) is 12.5. The van der Waals surface area contributed by atoms with Gasteiger partial charge in [0.1, 0.15) is 4.90 Å². The number of piperazine rings is 1. The molecule has 1 amide bonds. The molecule has 1 aliphatic carbocycles. The highest BCUT2D eigenvalue weighted by atomic mass is 32.2. The topological polar surface area (TPSA) is 139 Å². The van der Waals surface area contributed by atoms with E-state index in [9.17, 15) is 48.7 Å². The van der Waals surface area contributed by atoms with Gasteiger partial charge in [-0.05, 0) is 111 Å². The number of halogens is 5. The summed E-state index contributed by atoms with van der Waals surface area (Å²) < 4.78 is 124. The minimum absolute atomic E-state index is 0.0453. The molecule has 0 saturated carbocycles. The van der Waals surface area contributed by atoms with Crippen LogP contribution >= 0.6 is 11.8 Å². The monoisotopic (exact) mass is 981 g/mol. The van der Waals surface area contributed by atoms with Crippen LogP contribution in [0.25, 0.3) is 0 Å². The van der Waals surface area contributed by atoms with Crippen LogP contribution in [0.3, 0.4) is 0 Å². The number of nitrogens with one attached hydrogen (secondary N) is 2. The molecule has 3 aliphatic rings. The Labute approximate surface area is 389 Å². The van der Waals surface area contributed by atoms with Crippen LogP contribution in [0.5, 0.6) is 0 Å². The van der Waals surface area contributed by atoms with Crippen molar-refractivity contribution in [3.8, 4) is 0 Å². The van der Waals surface area contributed by atoms with Crippen molar-refractivity contribution >= 4 is 48.9 Å². The highest BCUT2D eigenvalue weighted by molar-refractivity contribution is 7.99. The first-order chi connectivity index (χ1) is 31.1. The molecule has 3 aromatic carbocycles. The van der Waals surface area contributed by atoms with E-state index in [1.165, 1.54) is 29.5 Å². The molecule has 2 heterocycles. The normalized spacial score (nSPS) is 18.7. The van der Waals surface area contributed by atoms with Gasteiger partial charge in [-0.1, -0.05) is 49.8 Å². The lowest BCUT2D eigenvalue weighted by Crippen LogP contribution is -2.47. The van der Waals surface area contributed by atoms with E-state index in [0.717, 1.165) is 72.8 Å². The van der Waals surface area contributed by atoms with Crippen molar-refractivity contribution in [1.82, 2.24) is 14.5 Å². The van der Waals surface area contributed by atoms with Crippen LogP contribution in [-0.4, -0.2) is 120 Å². The van der Waals surface area contributed by atoms with Crippen LogP contribution in [0.1, 0.15) is 75.6 Å². The summed E-state index contributed by atoms with van der Waals surface area (Å²) in [6.45, 7) is 13.8. The highest BCUT2D eigenvalue weighted by Gasteiger charge is 2.48. The molecule has 2 saturated heterocycles. The van der Waals surface area contributed by atoms with Crippen LogP contribution in [-0.2, 0) is 19.9 Å². The minimum Gasteiger partial charge on any atom is -0.393 e. The van der Waals surface area contributed by atoms with Gasteiger partial charge in [0.05, 0.1) is 16.7 Å². The van der Waals surface area contributed by atoms with Gasteiger partial charge in [0.15, 0.2) is 0 Å². The predicted octanol–water partition coefficient (Wildman–Crippen LogP) is 8.75. The summed E-state index contributed by atoms with van der Waals surface area (Å²) in [6.07, 6.45) is 1.53. The van der Waals surface area contributed by atoms with Gasteiger partial charge in [-0.3, -0.25) is 9.69 Å². The van der Waals surface area contributed by atoms with Crippen LogP contribution in [0.4, 0.5) is 33.3 Å². The van der Waals surface area contributed by atoms with Gasteiger partial charge in [-0.25, -0.2) is 30.3 Å². The summed E-state index contributed by atoms with van der Waals surface area (Å²) in [5, 5.41) is 12.9. The quantitative estimate of drug-likeness (QED) is 0.0786. The number of carbonyl (C=O) groups is 1. The third-order valence-corrected chi connectivity index (χ3v) is 16.6. The van der Waals surface area contributed by atoms with Gasteiger partial charge in [0, 0.05) is 86.7 Å². The smallest absolute Gasteiger partial charge is 0.393 e. The number of alkyl halides is 5. The molecule has 19 heteroatoms. The van der Waals surface area contributed by atoms with E-state index in [1.807, 2.05) is 35.1 Å². The van der Waals surface area contributed by atoms with Gasteiger partial charge in [-0.15, -0.1) is 11.8 Å². The Morgan fingerprint density at radius 3 is 2.21 bits per heavy atom. The predicted molar refractivity (Wildman–Crippen MR) is 249 cm³/mol. The van der Waals surface area contributed by atoms with Crippen molar-refractivity contribution in [2.75, 3.05) is 68.3 Å². The van der Waals surface area contributed by atoms with E-state index >= 15 is 0 Å². The Kier molecular flexibility index (Phi) is 17.1. The van der Waals surface area contributed by atoms with Gasteiger partial charge in [-0.2, -0.15) is 13.2 Å². The number of likely N-dealkylation sites (tertiary alicyclic amines) is 1. The molecular formula is C47H60F5N5O6S3. The lowest BCUT2D eigenvalue weighted by molar-refractivity contribution is -0.0436. The molecule has 11 nitrogen and oxygen atoms in total. The second kappa shape index (κ2) is 22.0. The number of nitrogens with zero attached hydrogens (tertiary/aromatic N) is 3. The highest BCUT2D eigenvalue weighted by Crippen LogP contribution is 2.43. The molecule has 0 bridgehead atoms. The minimum atomic E-state index is -6.09. The van der Waals surface area contributed by atoms with E-state index in [1.54, 1.807) is 12.1 Å². The first-order valence-corrected chi connectivity index (χ1v) is 26.2. The number of rotatable bonds is 19. The molecule has 2 fully saturated rings. The van der Waals surface area contributed by atoms with Crippen molar-refractivity contribution in [2.45, 2.75) is 104 Å². The zero-order valence-corrected chi connectivity index (χ0v) is 39.8. The van der Waals surface area contributed by atoms with E-state index in [-0.39, 0.29) is 23.8 Å². The van der Waals surface area contributed by atoms with Crippen molar-refractivity contribution in [2.24, 2.45) is 5.41 Å². The molecule has 1 atom stereocenters. The van der Waals surface area contributed by atoms with Crippen molar-refractivity contribution in [3.63, 3.8) is 0 Å². The number of carbonyl (C=O) groups excluding carboxylic acids is 1. The number of aliphatic hydroxyl groups is 1. The Hall–Kier alpha value is -4.01. The third kappa shape index (κ3) is 13.8. The lowest BCUT2D eigenvalue weighted by atomic mass is 9.72. The lowest BCUT2D eigenvalue weighted by Gasteiger charge is -2.39. The van der Waals surface area contributed by atoms with Crippen LogP contribution in [0.15, 0.2) is 111 Å². The fourth-order valence-electron chi connectivity index (χ4n) is 8.56. The Bertz CT molecular complexity index is 2400. The number of thioether (sulfide) groups is 1. The maximum absolute atomic E-state index is 14.2. The molecule has 2 aliphatic heterocycles. The Balaban J connectivity index is 1.12. The van der Waals surface area contributed by atoms with Crippen LogP contribution in [0.2, 0.25) is 0 Å². The second-order valence-corrected chi connectivity index (χ2v) is 22.8. The summed E-state index contributed by atoms with van der Waals surface area (Å²) in [4.78, 5) is 18.6. The van der Waals surface area contributed by atoms with Crippen molar-refractivity contribution in [3.05, 3.63) is 102 Å². The summed E-state index contributed by atoms with van der Waals surface area (Å²) in [5.74, 6) is -0.729. The fourth-order valence-corrected chi connectivity index (χ4v) is 11.6. The maximum Gasteiger partial charge on any atom is 0.501 e. The van der Waals surface area contributed by atoms with E-state index in [4.69, 9.17) is 0 Å². The molecule has 66 heavy (non-hydrogen) atoms. The first kappa shape index (κ1) is 51.4. The van der Waals surface area contributed by atoms with Crippen LogP contribution in [0, 0.1) is 5.41 Å². The number of anilines is 2. The molecule has 362 valence electrons. The molecule has 0 spiro atoms. The first-order valence-electron chi connectivity index (χ1n) is 22.2. The number of piperidine rings is 1. The molecule has 0 aromatic heterocycles. The number of sulfonamides is 1. The zero-order valence-electron chi connectivity index (χ0n) is 37.3. The number of hydrogen-bond acceptors (Lipinski definition) is 11. The number of amides is 1. The summed E-state index contributed by atoms with van der Waals surface area (Å²) in [6, 6.07) is 17.3. The molecule has 6 rings (SSSR count). The SMILES string of the molecule is C=C(CCC(F)F)C1=C(CN2CCN(c3ccc(C(=O)NS(=O)(=O)c4ccc(N[C@H](CCN5CCC(O)CC5)CSc5ccccc5)c(S(=O)(=O)C(F)(F)F)c4)cc3)CC2)CCC(C)(C)C1. The fraction of sp³-hybridized carbons (Fsp3) is 0.511. The molecule has 0 unspecified atom stereocenters. The van der Waals surface area contributed by atoms with Crippen LogP contribution < -0.4 is 14.9 Å². The average molecular weight is 982 g/mol. The van der Waals surface area contributed by atoms with Gasteiger partial charge in [0.2, 0.25) is 6.43 Å². The number of aliphatic hydroxyl groups excluding tert-OH is 1. The molecule has 3 N–H and O–H groups in total. The van der Waals surface area contributed by atoms with Gasteiger partial charge >= 0.3 is 5.51 Å². The molecule has 3 aromatic rings. The van der Waals surface area contributed by atoms with Gasteiger partial charge < -0.3 is 20.2 Å².